The van der Waals surface area contributed by atoms with Gasteiger partial charge in [0.15, 0.2) is 43.4 Å². The number of hydrogen-bond donors (Lipinski definition) is 8. The number of carboxylic acids is 4. The molecule has 8 aliphatic rings. The van der Waals surface area contributed by atoms with Gasteiger partial charge in [0.05, 0.1) is 112 Å². The molecule has 0 spiro atoms. The average Bonchev–Trinajstić information content (AvgIpc) is 1.77. The van der Waals surface area contributed by atoms with E-state index in [1.54, 1.807) is 109 Å². The van der Waals surface area contributed by atoms with Crippen molar-refractivity contribution < 1.29 is 110 Å². The molecular formula is C92H97BrCl3F2N17O22S4. The topological polar surface area (TPSA) is 497 Å². The van der Waals surface area contributed by atoms with E-state index >= 15 is 0 Å². The molecule has 4 saturated heterocycles. The number of carbonyl (C=O) groups is 8. The number of benzene rings is 4. The molecule has 8 N–H and O–H groups in total. The third kappa shape index (κ3) is 27.0. The Morgan fingerprint density at radius 1 is 0.482 bits per heavy atom. The minimum Gasteiger partial charge on any atom is -0.481 e. The molecule has 39 nitrogen and oxygen atoms in total. The van der Waals surface area contributed by atoms with Crippen molar-refractivity contribution in [2.45, 2.75) is 103 Å². The zero-order chi connectivity index (χ0) is 101. The van der Waals surface area contributed by atoms with Gasteiger partial charge >= 0.3 is 47.8 Å². The Labute approximate surface area is 845 Å². The molecular weight excluding hydrogens is 2050 g/mol. The summed E-state index contributed by atoms with van der Waals surface area (Å²) in [5, 5.41) is 69.8. The summed E-state index contributed by atoms with van der Waals surface area (Å²) in [4.78, 5) is 157. The van der Waals surface area contributed by atoms with Crippen molar-refractivity contribution in [3.05, 3.63) is 253 Å². The molecule has 0 aliphatic carbocycles. The number of nitro benzene ring substituents is 1. The highest BCUT2D eigenvalue weighted by Crippen LogP contribution is 2.44. The minimum absolute atomic E-state index is 0.00162. The zero-order valence-corrected chi connectivity index (χ0v) is 83.6. The number of hydrogen-bond acceptors (Lipinski definition) is 38. The third-order valence-corrected chi connectivity index (χ3v) is 27.6. The molecule has 8 aromatic rings. The van der Waals surface area contributed by atoms with Gasteiger partial charge in [0.1, 0.15) is 53.9 Å². The number of esters is 4. The summed E-state index contributed by atoms with van der Waals surface area (Å²) in [7, 11) is 0. The van der Waals surface area contributed by atoms with E-state index in [1.165, 1.54) is 81.7 Å². The summed E-state index contributed by atoms with van der Waals surface area (Å²) >= 11 is 28.0. The fourth-order valence-corrected chi connectivity index (χ4v) is 20.1. The lowest BCUT2D eigenvalue weighted by atomic mass is 9.94. The summed E-state index contributed by atoms with van der Waals surface area (Å²) in [5.41, 5.74) is 4.25. The van der Waals surface area contributed by atoms with Crippen LogP contribution in [0.25, 0.3) is 0 Å². The molecule has 8 unspecified atom stereocenters. The summed E-state index contributed by atoms with van der Waals surface area (Å²) in [6, 6.07) is 12.8. The highest BCUT2D eigenvalue weighted by Gasteiger charge is 2.44. The SMILES string of the molecule is CCOC(=O)C1=C(CN2CCOCC2C(=O)O)NC(c2ncc(C)s2)=NC1c1ccc(Cl)cc1Cl.CCOC(=O)C1=C(CN2CCOCC2C(=O)O)NC(c2ncc(C)s2)=NC1c1ccc(F)cc1Cl.CCOC(=O)C1=C(CN2CCOCC2C(=O)O)NC(c2nccs2)=NC1c1ccccc1[N+](=O)[O-].CCOC(=O)C1=C(CN2CCOCC2CCC(=O)O)NC(c2nccs2)=NC1c1ccc(F)cc1Br. The smallest absolute Gasteiger partial charge is 0.338 e. The Balaban J connectivity index is 0.000000158. The van der Waals surface area contributed by atoms with Crippen molar-refractivity contribution >= 4 is 173 Å². The van der Waals surface area contributed by atoms with Crippen molar-refractivity contribution in [1.29, 1.82) is 0 Å². The number of nitrogens with zero attached hydrogens (tertiary/aromatic N) is 13. The molecule has 4 aromatic heterocycles. The fraction of sp³-hybridized carbons (Fsp3) is 0.391. The van der Waals surface area contributed by atoms with E-state index in [0.29, 0.717) is 175 Å². The molecule has 8 aliphatic heterocycles. The number of nitrogens with one attached hydrogen (secondary N) is 4. The first-order chi connectivity index (χ1) is 67.8. The Morgan fingerprint density at radius 3 is 1.21 bits per heavy atom. The molecule has 0 bridgehead atoms. The van der Waals surface area contributed by atoms with E-state index in [2.05, 4.69) is 67.0 Å². The first-order valence-corrected chi connectivity index (χ1v) is 49.6. The number of ether oxygens (including phenoxy) is 8. The summed E-state index contributed by atoms with van der Waals surface area (Å²) in [6.45, 7) is 15.4. The van der Waals surface area contributed by atoms with E-state index in [1.807, 2.05) is 19.2 Å². The minimum atomic E-state index is -1.06. The molecule has 0 amide bonds. The zero-order valence-electron chi connectivity index (χ0n) is 76.5. The number of aliphatic imine (C=N–C) groups is 4. The van der Waals surface area contributed by atoms with Crippen LogP contribution in [0.2, 0.25) is 15.1 Å². The van der Waals surface area contributed by atoms with Gasteiger partial charge in [-0.3, -0.25) is 68.9 Å². The fourth-order valence-electron chi connectivity index (χ4n) is 16.1. The second-order valence-corrected chi connectivity index (χ2v) is 38.2. The van der Waals surface area contributed by atoms with E-state index in [0.717, 1.165) is 15.8 Å². The van der Waals surface area contributed by atoms with Crippen molar-refractivity contribution in [3.8, 4) is 0 Å². The molecule has 49 heteroatoms. The van der Waals surface area contributed by atoms with Gasteiger partial charge in [-0.25, -0.2) is 47.9 Å². The largest absolute Gasteiger partial charge is 0.481 e. The van der Waals surface area contributed by atoms with Gasteiger partial charge in [-0.15, -0.1) is 45.3 Å². The van der Waals surface area contributed by atoms with Gasteiger partial charge in [0.25, 0.3) is 5.69 Å². The maximum Gasteiger partial charge on any atom is 0.338 e. The maximum atomic E-state index is 13.9. The van der Waals surface area contributed by atoms with E-state index in [4.69, 9.17) is 87.7 Å². The van der Waals surface area contributed by atoms with Crippen LogP contribution in [-0.4, -0.2) is 292 Å². The summed E-state index contributed by atoms with van der Waals surface area (Å²) in [5.74, 6) is -5.63. The third-order valence-electron chi connectivity index (χ3n) is 22.7. The van der Waals surface area contributed by atoms with Gasteiger partial charge in [-0.2, -0.15) is 0 Å². The predicted molar refractivity (Wildman–Crippen MR) is 522 cm³/mol. The molecule has 8 atom stereocenters. The number of nitro groups is 1. The maximum absolute atomic E-state index is 13.9. The number of rotatable bonds is 31. The van der Waals surface area contributed by atoms with Gasteiger partial charge < -0.3 is 79.6 Å². The van der Waals surface area contributed by atoms with Crippen molar-refractivity contribution in [3.63, 3.8) is 0 Å². The van der Waals surface area contributed by atoms with Crippen LogP contribution < -0.4 is 21.3 Å². The second-order valence-electron chi connectivity index (χ2n) is 31.8. The van der Waals surface area contributed by atoms with Gasteiger partial charge in [0.2, 0.25) is 0 Å². The molecule has 12 heterocycles. The number of para-hydroxylation sites is 1. The first-order valence-electron chi connectivity index (χ1n) is 44.2. The molecule has 4 aromatic carbocycles. The summed E-state index contributed by atoms with van der Waals surface area (Å²) in [6.07, 6.45) is 7.13. The molecule has 0 radical (unpaired) electrons. The number of halogens is 6. The predicted octanol–water partition coefficient (Wildman–Crippen LogP) is 11.7. The molecule has 748 valence electrons. The monoisotopic (exact) mass is 2140 g/mol. The van der Waals surface area contributed by atoms with Crippen LogP contribution in [0.1, 0.15) is 117 Å². The molecule has 16 rings (SSSR count). The van der Waals surface area contributed by atoms with E-state index < -0.39 is 107 Å². The van der Waals surface area contributed by atoms with Gasteiger partial charge in [-0.05, 0) is 96.0 Å². The number of aryl methyl sites for hydroxylation is 2. The molecule has 141 heavy (non-hydrogen) atoms. The molecule has 4 fully saturated rings. The number of thiazole rings is 4. The van der Waals surface area contributed by atoms with E-state index in [9.17, 15) is 77.7 Å². The lowest BCUT2D eigenvalue weighted by Gasteiger charge is -2.37. The highest BCUT2D eigenvalue weighted by atomic mass is 79.9. The van der Waals surface area contributed by atoms with Crippen LogP contribution in [0, 0.1) is 35.6 Å². The van der Waals surface area contributed by atoms with Crippen LogP contribution in [0.4, 0.5) is 14.5 Å². The van der Waals surface area contributed by atoms with Crippen molar-refractivity contribution in [1.82, 2.24) is 60.8 Å². The number of carbonyl (C=O) groups excluding carboxylic acids is 4. The van der Waals surface area contributed by atoms with Crippen LogP contribution in [0.15, 0.2) is 184 Å². The average molecular weight is 2150 g/mol. The van der Waals surface area contributed by atoms with Gasteiger partial charge in [-0.1, -0.05) is 81.1 Å². The second kappa shape index (κ2) is 50.3. The quantitative estimate of drug-likeness (QED) is 0.00866. The van der Waals surface area contributed by atoms with Crippen molar-refractivity contribution in [2.75, 3.05) is 132 Å². The van der Waals surface area contributed by atoms with Crippen LogP contribution in [-0.2, 0) is 76.3 Å². The van der Waals surface area contributed by atoms with Crippen LogP contribution >= 0.6 is 96.1 Å². The number of amidine groups is 4. The van der Waals surface area contributed by atoms with Gasteiger partial charge in [0, 0.05) is 170 Å². The Kier molecular flexibility index (Phi) is 38.0. The van der Waals surface area contributed by atoms with Crippen molar-refractivity contribution in [2.24, 2.45) is 20.0 Å². The van der Waals surface area contributed by atoms with E-state index in [-0.39, 0.29) is 111 Å². The Hall–Kier alpha value is -11.7. The molecule has 0 saturated carbocycles. The standard InChI is InChI=1S/C24H26BrFN4O5S.C23H24Cl2N4O5S.C23H24ClFN4O5S.C22H23N5O7S/c1-2-35-24(33)20-18(12-30-8-9-34-13-15(30)4-6-19(31)32)28-22(23-27-7-10-36-23)29-21(20)16-5-3-14(26)11-17(16)25;1-3-34-23(32)18-16(10-29-6-7-33-11-17(29)22(30)31)27-20(21-26-9-12(2)35-21)28-19(18)14-5-4-13(24)8-15(14)25;1-3-34-23(32)18-16(10-29-6-7-33-11-17(29)22(30)31)27-20(21-26-9-12(2)35-21)28-19(18)14-5-4-13(25)8-15(14)24;1-2-34-22(30)17-14(11-26-8-9-33-12-16(26)21(28)29)24-19(20-23-7-10-35-20)25-18(17)13-5-3-4-6-15(13)27(31)32/h3,5,7,10-11,15,21H,2,4,6,8-9,12-13H2,1H3,(H,28,29)(H,31,32);2*4-5,8-9,17,19H,3,6-7,10-11H2,1-2H3,(H,27,28)(H,30,31);3-7,10,16,18H,2,8-9,11-12H2,1H3,(H,24,25)(H,28,29). The summed E-state index contributed by atoms with van der Waals surface area (Å²) < 4.78 is 71.3. The highest BCUT2D eigenvalue weighted by molar-refractivity contribution is 9.10. The lowest BCUT2D eigenvalue weighted by molar-refractivity contribution is -0.385. The van der Waals surface area contributed by atoms with Crippen LogP contribution in [0.3, 0.4) is 0 Å². The Morgan fingerprint density at radius 2 is 0.844 bits per heavy atom. The normalized spacial score (nSPS) is 20.7. The number of morpholine rings is 4. The van der Waals surface area contributed by atoms with Crippen LogP contribution in [0.5, 0.6) is 0 Å². The first kappa shape index (κ1) is 107. The lowest BCUT2D eigenvalue weighted by Crippen LogP contribution is -2.52. The Bertz CT molecular complexity index is 6040. The number of aliphatic carboxylic acids is 4. The number of carboxylic acid groups (broad SMARTS) is 4. The number of aromatic nitrogens is 4.